The van der Waals surface area contributed by atoms with E-state index in [4.69, 9.17) is 8.83 Å². The van der Waals surface area contributed by atoms with E-state index in [-0.39, 0.29) is 30.2 Å². The molecule has 1 aromatic carbocycles. The van der Waals surface area contributed by atoms with Crippen LogP contribution in [0, 0.1) is 10.1 Å². The first-order valence-corrected chi connectivity index (χ1v) is 10.00. The van der Waals surface area contributed by atoms with E-state index in [2.05, 4.69) is 4.90 Å². The van der Waals surface area contributed by atoms with Crippen molar-refractivity contribution in [3.05, 3.63) is 82.0 Å². The van der Waals surface area contributed by atoms with Crippen LogP contribution < -0.4 is 4.90 Å². The predicted molar refractivity (Wildman–Crippen MR) is 110 cm³/mol. The van der Waals surface area contributed by atoms with Gasteiger partial charge >= 0.3 is 0 Å². The van der Waals surface area contributed by atoms with E-state index in [0.717, 1.165) is 31.8 Å². The standard InChI is InChI=1S/C22H23N3O5/c26-22(17-6-4-7-18(14-17)25(27)28)24(15-19-8-5-13-29-19)16-20-9-10-21(30-20)23-11-2-1-3-12-23/h4-10,13-14H,1-3,11-12,15-16H2. The molecule has 4 rings (SSSR count). The number of nitro benzene ring substituents is 1. The van der Waals surface area contributed by atoms with E-state index in [9.17, 15) is 14.9 Å². The third-order valence-electron chi connectivity index (χ3n) is 5.18. The van der Waals surface area contributed by atoms with E-state index in [1.165, 1.54) is 24.6 Å². The predicted octanol–water partition coefficient (Wildman–Crippen LogP) is 4.61. The van der Waals surface area contributed by atoms with E-state index >= 15 is 0 Å². The van der Waals surface area contributed by atoms with Crippen LogP contribution in [0.25, 0.3) is 0 Å². The van der Waals surface area contributed by atoms with Crippen LogP contribution in [-0.4, -0.2) is 28.8 Å². The maximum absolute atomic E-state index is 13.2. The number of nitro groups is 1. The molecule has 0 N–H and O–H groups in total. The number of non-ortho nitro benzene ring substituents is 1. The molecule has 1 fully saturated rings. The van der Waals surface area contributed by atoms with E-state index in [1.54, 1.807) is 29.4 Å². The molecular weight excluding hydrogens is 386 g/mol. The monoisotopic (exact) mass is 409 g/mol. The van der Waals surface area contributed by atoms with Gasteiger partial charge in [0.05, 0.1) is 24.3 Å². The second kappa shape index (κ2) is 8.86. The molecule has 1 amide bonds. The molecule has 0 saturated carbocycles. The molecule has 0 aliphatic carbocycles. The molecule has 30 heavy (non-hydrogen) atoms. The Morgan fingerprint density at radius 1 is 1.03 bits per heavy atom. The summed E-state index contributed by atoms with van der Waals surface area (Å²) in [6.07, 6.45) is 5.07. The van der Waals surface area contributed by atoms with Crippen molar-refractivity contribution in [1.29, 1.82) is 0 Å². The smallest absolute Gasteiger partial charge is 0.270 e. The molecule has 3 aromatic rings. The van der Waals surface area contributed by atoms with Crippen molar-refractivity contribution in [2.24, 2.45) is 0 Å². The summed E-state index contributed by atoms with van der Waals surface area (Å²) in [6, 6.07) is 13.1. The first-order chi connectivity index (χ1) is 14.6. The molecule has 156 valence electrons. The lowest BCUT2D eigenvalue weighted by molar-refractivity contribution is -0.384. The van der Waals surface area contributed by atoms with Gasteiger partial charge in [-0.2, -0.15) is 0 Å². The van der Waals surface area contributed by atoms with Gasteiger partial charge in [-0.05, 0) is 43.5 Å². The zero-order valence-electron chi connectivity index (χ0n) is 16.5. The Labute approximate surface area is 173 Å². The Balaban J connectivity index is 1.55. The lowest BCUT2D eigenvalue weighted by Crippen LogP contribution is -2.30. The van der Waals surface area contributed by atoms with Crippen LogP contribution in [0.3, 0.4) is 0 Å². The summed E-state index contributed by atoms with van der Waals surface area (Å²) in [4.78, 5) is 27.5. The van der Waals surface area contributed by atoms with Crippen LogP contribution in [0.1, 0.15) is 41.1 Å². The largest absolute Gasteiger partial charge is 0.467 e. The van der Waals surface area contributed by atoms with Crippen molar-refractivity contribution in [3.8, 4) is 0 Å². The van der Waals surface area contributed by atoms with Crippen molar-refractivity contribution in [3.63, 3.8) is 0 Å². The Bertz CT molecular complexity index is 1010. The molecule has 3 heterocycles. The Kier molecular flexibility index (Phi) is 5.83. The summed E-state index contributed by atoms with van der Waals surface area (Å²) in [6.45, 7) is 2.40. The third-order valence-corrected chi connectivity index (χ3v) is 5.18. The van der Waals surface area contributed by atoms with Gasteiger partial charge in [0.1, 0.15) is 11.5 Å². The number of carbonyl (C=O) groups is 1. The van der Waals surface area contributed by atoms with Crippen molar-refractivity contribution >= 4 is 17.5 Å². The molecule has 8 nitrogen and oxygen atoms in total. The van der Waals surface area contributed by atoms with Crippen LogP contribution in [0.5, 0.6) is 0 Å². The minimum absolute atomic E-state index is 0.121. The van der Waals surface area contributed by atoms with Crippen molar-refractivity contribution < 1.29 is 18.6 Å². The fourth-order valence-corrected chi connectivity index (χ4v) is 3.65. The van der Waals surface area contributed by atoms with Crippen LogP contribution in [0.4, 0.5) is 11.6 Å². The maximum atomic E-state index is 13.2. The van der Waals surface area contributed by atoms with Gasteiger partial charge in [0.15, 0.2) is 5.88 Å². The van der Waals surface area contributed by atoms with Crippen LogP contribution in [0.2, 0.25) is 0 Å². The Morgan fingerprint density at radius 2 is 1.83 bits per heavy atom. The number of anilines is 1. The van der Waals surface area contributed by atoms with Crippen molar-refractivity contribution in [2.45, 2.75) is 32.4 Å². The molecule has 0 radical (unpaired) electrons. The number of amides is 1. The average molecular weight is 409 g/mol. The Hall–Kier alpha value is -3.55. The fourth-order valence-electron chi connectivity index (χ4n) is 3.65. The first kappa shape index (κ1) is 19.8. The number of furan rings is 2. The minimum atomic E-state index is -0.509. The van der Waals surface area contributed by atoms with Gasteiger partial charge < -0.3 is 18.6 Å². The van der Waals surface area contributed by atoms with Gasteiger partial charge in [0, 0.05) is 36.9 Å². The fraction of sp³-hybridized carbons (Fsp3) is 0.318. The normalized spacial score (nSPS) is 13.9. The molecule has 0 unspecified atom stereocenters. The summed E-state index contributed by atoms with van der Waals surface area (Å²) in [7, 11) is 0. The molecule has 1 aliphatic rings. The molecule has 2 aromatic heterocycles. The minimum Gasteiger partial charge on any atom is -0.467 e. The van der Waals surface area contributed by atoms with Crippen LogP contribution in [-0.2, 0) is 13.1 Å². The second-order valence-electron chi connectivity index (χ2n) is 7.34. The van der Waals surface area contributed by atoms with E-state index < -0.39 is 4.92 Å². The van der Waals surface area contributed by atoms with Gasteiger partial charge in [-0.25, -0.2) is 0 Å². The number of nitrogens with zero attached hydrogens (tertiary/aromatic N) is 3. The first-order valence-electron chi connectivity index (χ1n) is 10.00. The van der Waals surface area contributed by atoms with Crippen LogP contribution in [0.15, 0.2) is 63.6 Å². The Morgan fingerprint density at radius 3 is 2.57 bits per heavy atom. The lowest BCUT2D eigenvalue weighted by Gasteiger charge is -2.26. The summed E-state index contributed by atoms with van der Waals surface area (Å²) in [5.41, 5.74) is 0.128. The zero-order chi connectivity index (χ0) is 20.9. The van der Waals surface area contributed by atoms with Crippen molar-refractivity contribution in [2.75, 3.05) is 18.0 Å². The van der Waals surface area contributed by atoms with E-state index in [1.807, 2.05) is 12.1 Å². The van der Waals surface area contributed by atoms with Gasteiger partial charge in [-0.15, -0.1) is 0 Å². The molecular formula is C22H23N3O5. The topological polar surface area (TPSA) is 93.0 Å². The molecule has 0 atom stereocenters. The lowest BCUT2D eigenvalue weighted by atomic mass is 10.1. The van der Waals surface area contributed by atoms with Gasteiger partial charge in [0.25, 0.3) is 11.6 Å². The van der Waals surface area contributed by atoms with Crippen LogP contribution >= 0.6 is 0 Å². The van der Waals surface area contributed by atoms with E-state index in [0.29, 0.717) is 11.5 Å². The summed E-state index contributed by atoms with van der Waals surface area (Å²) in [5.74, 6) is 1.76. The van der Waals surface area contributed by atoms with Crippen molar-refractivity contribution in [1.82, 2.24) is 4.90 Å². The highest BCUT2D eigenvalue weighted by Crippen LogP contribution is 2.25. The summed E-state index contributed by atoms with van der Waals surface area (Å²) >= 11 is 0. The average Bonchev–Trinajstić information content (AvgIpc) is 3.46. The number of benzene rings is 1. The highest BCUT2D eigenvalue weighted by Gasteiger charge is 2.22. The van der Waals surface area contributed by atoms with Gasteiger partial charge in [-0.1, -0.05) is 6.07 Å². The maximum Gasteiger partial charge on any atom is 0.270 e. The number of piperidine rings is 1. The number of carbonyl (C=O) groups excluding carboxylic acids is 1. The zero-order valence-corrected chi connectivity index (χ0v) is 16.5. The van der Waals surface area contributed by atoms with Gasteiger partial charge in [0.2, 0.25) is 0 Å². The molecule has 0 bridgehead atoms. The molecule has 8 heteroatoms. The highest BCUT2D eigenvalue weighted by atomic mass is 16.6. The number of hydrogen-bond donors (Lipinski definition) is 0. The quantitative estimate of drug-likeness (QED) is 0.418. The SMILES string of the molecule is O=C(c1cccc([N+](=O)[O-])c1)N(Cc1ccco1)Cc1ccc(N2CCCCC2)o1. The van der Waals surface area contributed by atoms with Gasteiger partial charge in [-0.3, -0.25) is 14.9 Å². The summed E-state index contributed by atoms with van der Waals surface area (Å²) < 4.78 is 11.4. The second-order valence-corrected chi connectivity index (χ2v) is 7.34. The molecule has 1 aliphatic heterocycles. The molecule has 1 saturated heterocycles. The third kappa shape index (κ3) is 4.53. The molecule has 0 spiro atoms. The highest BCUT2D eigenvalue weighted by molar-refractivity contribution is 5.94. The number of rotatable bonds is 7. The number of hydrogen-bond acceptors (Lipinski definition) is 6. The summed E-state index contributed by atoms with van der Waals surface area (Å²) in [5, 5.41) is 11.1.